The topological polar surface area (TPSA) is 29.5 Å². The van der Waals surface area contributed by atoms with Crippen LogP contribution in [0.2, 0.25) is 18.1 Å². The van der Waals surface area contributed by atoms with Gasteiger partial charge in [-0.2, -0.15) is 13.2 Å². The molecule has 0 fully saturated rings. The molecule has 0 amide bonds. The van der Waals surface area contributed by atoms with E-state index in [0.29, 0.717) is 0 Å². The van der Waals surface area contributed by atoms with Crippen molar-refractivity contribution >= 4 is 14.1 Å². The van der Waals surface area contributed by atoms with Crippen LogP contribution in [0.4, 0.5) is 13.2 Å². The molecule has 0 aliphatic heterocycles. The first kappa shape index (κ1) is 25.3. The average molecular weight is 452 g/mol. The van der Waals surface area contributed by atoms with E-state index in [9.17, 15) is 18.0 Å². The predicted molar refractivity (Wildman–Crippen MR) is 120 cm³/mol. The Kier molecular flexibility index (Phi) is 8.25. The molecule has 2 aromatic rings. The van der Waals surface area contributed by atoms with E-state index in [4.69, 9.17) is 4.43 Å². The fourth-order valence-corrected chi connectivity index (χ4v) is 3.96. The lowest BCUT2D eigenvalue weighted by atomic mass is 10.1. The molecule has 0 N–H and O–H groups in total. The zero-order valence-electron chi connectivity index (χ0n) is 18.9. The quantitative estimate of drug-likeness (QED) is 0.425. The van der Waals surface area contributed by atoms with E-state index in [1.165, 1.54) is 0 Å². The summed E-state index contributed by atoms with van der Waals surface area (Å²) in [6, 6.07) is 17.0. The normalized spacial score (nSPS) is 14.0. The summed E-state index contributed by atoms with van der Waals surface area (Å²) in [6.45, 7) is 10.1. The Balaban J connectivity index is 2.39. The van der Waals surface area contributed by atoms with Crippen LogP contribution in [-0.4, -0.2) is 37.8 Å². The van der Waals surface area contributed by atoms with Crippen LogP contribution in [-0.2, 0) is 22.3 Å². The van der Waals surface area contributed by atoms with E-state index in [1.807, 2.05) is 94.5 Å². The zero-order chi connectivity index (χ0) is 23.3. The third-order valence-corrected chi connectivity index (χ3v) is 10.4. The number of Topliss-reactive ketones (excluding diaryl/α,β-unsaturated/α-hetero) is 1. The molecule has 7 heteroatoms. The maximum Gasteiger partial charge on any atom is 0.451 e. The van der Waals surface area contributed by atoms with Gasteiger partial charge in [0.1, 0.15) is 6.04 Å². The molecule has 0 aliphatic rings. The highest BCUT2D eigenvalue weighted by molar-refractivity contribution is 6.74. The molecule has 0 saturated heterocycles. The molecule has 3 nitrogen and oxygen atoms in total. The second-order valence-electron chi connectivity index (χ2n) is 9.33. The van der Waals surface area contributed by atoms with Gasteiger partial charge < -0.3 is 4.43 Å². The molecule has 0 spiro atoms. The van der Waals surface area contributed by atoms with Crippen molar-refractivity contribution in [3.05, 3.63) is 71.8 Å². The van der Waals surface area contributed by atoms with Gasteiger partial charge in [0, 0.05) is 13.1 Å². The van der Waals surface area contributed by atoms with Gasteiger partial charge in [0.2, 0.25) is 0 Å². The fraction of sp³-hybridized carbons (Fsp3) is 0.458. The highest BCUT2D eigenvalue weighted by atomic mass is 28.4. The van der Waals surface area contributed by atoms with Crippen molar-refractivity contribution in [2.24, 2.45) is 0 Å². The number of alkyl halides is 3. The van der Waals surface area contributed by atoms with Crippen LogP contribution < -0.4 is 0 Å². The monoisotopic (exact) mass is 451 g/mol. The van der Waals surface area contributed by atoms with Crippen LogP contribution in [0.3, 0.4) is 0 Å². The Morgan fingerprint density at radius 3 is 1.68 bits per heavy atom. The Hall–Kier alpha value is -1.96. The van der Waals surface area contributed by atoms with Gasteiger partial charge in [0.15, 0.2) is 8.32 Å². The molecule has 1 atom stereocenters. The van der Waals surface area contributed by atoms with E-state index in [-0.39, 0.29) is 24.7 Å². The standard InChI is InChI=1S/C24H32F3NO2Si/c1-23(2,3)31(4,5)30-18-21(22(29)24(25,26)27)28(16-19-12-8-6-9-13-19)17-20-14-10-7-11-15-20/h6-15,21H,16-18H2,1-5H3. The minimum atomic E-state index is -4.94. The van der Waals surface area contributed by atoms with E-state index in [0.717, 1.165) is 11.1 Å². The Morgan fingerprint density at radius 2 is 1.32 bits per heavy atom. The summed E-state index contributed by atoms with van der Waals surface area (Å²) in [6.07, 6.45) is -4.94. The van der Waals surface area contributed by atoms with Gasteiger partial charge in [-0.25, -0.2) is 0 Å². The van der Waals surface area contributed by atoms with Crippen LogP contribution in [0.15, 0.2) is 60.7 Å². The lowest BCUT2D eigenvalue weighted by molar-refractivity contribution is -0.178. The summed E-state index contributed by atoms with van der Waals surface area (Å²) in [4.78, 5) is 14.1. The highest BCUT2D eigenvalue weighted by Crippen LogP contribution is 2.37. The number of rotatable bonds is 9. The highest BCUT2D eigenvalue weighted by Gasteiger charge is 2.47. The number of carbonyl (C=O) groups is 1. The summed E-state index contributed by atoms with van der Waals surface area (Å²) < 4.78 is 46.8. The molecule has 0 aromatic heterocycles. The minimum absolute atomic E-state index is 0.178. The van der Waals surface area contributed by atoms with Gasteiger partial charge in [-0.1, -0.05) is 81.4 Å². The van der Waals surface area contributed by atoms with Gasteiger partial charge in [0.25, 0.3) is 5.78 Å². The molecule has 31 heavy (non-hydrogen) atoms. The van der Waals surface area contributed by atoms with Crippen molar-refractivity contribution in [1.82, 2.24) is 4.90 Å². The number of nitrogens with zero attached hydrogens (tertiary/aromatic N) is 1. The van der Waals surface area contributed by atoms with Crippen molar-refractivity contribution in [2.45, 2.75) is 64.2 Å². The third-order valence-electron chi connectivity index (χ3n) is 5.89. The van der Waals surface area contributed by atoms with Crippen molar-refractivity contribution in [3.8, 4) is 0 Å². The lowest BCUT2D eigenvalue weighted by Gasteiger charge is -2.39. The maximum atomic E-state index is 13.6. The van der Waals surface area contributed by atoms with Crippen molar-refractivity contribution < 1.29 is 22.4 Å². The molecular formula is C24H32F3NO2Si. The van der Waals surface area contributed by atoms with E-state index >= 15 is 0 Å². The molecule has 0 heterocycles. The van der Waals surface area contributed by atoms with Crippen LogP contribution in [0.1, 0.15) is 31.9 Å². The molecule has 170 valence electrons. The summed E-state index contributed by atoms with van der Waals surface area (Å²) in [5.74, 6) is -1.77. The molecule has 2 rings (SSSR count). The fourth-order valence-electron chi connectivity index (χ4n) is 2.95. The summed E-state index contributed by atoms with van der Waals surface area (Å²) in [5.41, 5.74) is 1.68. The second kappa shape index (κ2) is 10.1. The average Bonchev–Trinajstić information content (AvgIpc) is 2.68. The first-order valence-electron chi connectivity index (χ1n) is 10.4. The summed E-state index contributed by atoms with van der Waals surface area (Å²) >= 11 is 0. The van der Waals surface area contributed by atoms with E-state index < -0.39 is 26.3 Å². The molecule has 0 radical (unpaired) electrons. The van der Waals surface area contributed by atoms with Crippen LogP contribution >= 0.6 is 0 Å². The van der Waals surface area contributed by atoms with Crippen LogP contribution in [0, 0.1) is 0 Å². The number of ketones is 1. The number of carbonyl (C=O) groups excluding carboxylic acids is 1. The minimum Gasteiger partial charge on any atom is -0.415 e. The Morgan fingerprint density at radius 1 is 0.903 bits per heavy atom. The largest absolute Gasteiger partial charge is 0.451 e. The number of halogens is 3. The van der Waals surface area contributed by atoms with Gasteiger partial charge >= 0.3 is 6.18 Å². The predicted octanol–water partition coefficient (Wildman–Crippen LogP) is 6.21. The number of benzene rings is 2. The van der Waals surface area contributed by atoms with Gasteiger partial charge in [-0.05, 0) is 29.3 Å². The lowest BCUT2D eigenvalue weighted by Crippen LogP contribution is -2.52. The van der Waals surface area contributed by atoms with Gasteiger partial charge in [-0.15, -0.1) is 0 Å². The van der Waals surface area contributed by atoms with E-state index in [1.54, 1.807) is 4.90 Å². The maximum absolute atomic E-state index is 13.6. The van der Waals surface area contributed by atoms with E-state index in [2.05, 4.69) is 0 Å². The summed E-state index contributed by atoms with van der Waals surface area (Å²) in [7, 11) is -2.35. The van der Waals surface area contributed by atoms with Gasteiger partial charge in [-0.3, -0.25) is 9.69 Å². The van der Waals surface area contributed by atoms with Crippen molar-refractivity contribution in [2.75, 3.05) is 6.61 Å². The first-order chi connectivity index (χ1) is 14.3. The third kappa shape index (κ3) is 7.30. The van der Waals surface area contributed by atoms with Crippen molar-refractivity contribution in [1.29, 1.82) is 0 Å². The smallest absolute Gasteiger partial charge is 0.415 e. The Labute approximate surface area is 184 Å². The molecule has 0 saturated carbocycles. The SMILES string of the molecule is CC(C)(C)[Si](C)(C)OCC(C(=O)C(F)(F)F)N(Cc1ccccc1)Cc1ccccc1. The van der Waals surface area contributed by atoms with Gasteiger partial charge in [0.05, 0.1) is 6.61 Å². The second-order valence-corrected chi connectivity index (χ2v) is 14.1. The number of hydrogen-bond acceptors (Lipinski definition) is 3. The molecule has 2 aromatic carbocycles. The van der Waals surface area contributed by atoms with Crippen molar-refractivity contribution in [3.63, 3.8) is 0 Å². The zero-order valence-corrected chi connectivity index (χ0v) is 19.9. The summed E-state index contributed by atoms with van der Waals surface area (Å²) in [5, 5.41) is -0.178. The molecule has 0 bridgehead atoms. The molecule has 1 unspecified atom stereocenters. The molecular weight excluding hydrogens is 419 g/mol. The Bertz CT molecular complexity index is 792. The molecule has 0 aliphatic carbocycles. The van der Waals surface area contributed by atoms with Crippen LogP contribution in [0.5, 0.6) is 0 Å². The first-order valence-corrected chi connectivity index (χ1v) is 13.3. The van der Waals surface area contributed by atoms with Crippen LogP contribution in [0.25, 0.3) is 0 Å². The number of hydrogen-bond donors (Lipinski definition) is 0.